The van der Waals surface area contributed by atoms with E-state index in [0.717, 1.165) is 24.2 Å². The van der Waals surface area contributed by atoms with Crippen LogP contribution >= 0.6 is 11.8 Å². The first-order chi connectivity index (χ1) is 8.15. The number of hydrogen-bond donors (Lipinski definition) is 1. The van der Waals surface area contributed by atoms with Crippen molar-refractivity contribution in [2.45, 2.75) is 36.8 Å². The minimum atomic E-state index is -0.224. The zero-order chi connectivity index (χ0) is 12.3. The molecule has 1 amide bonds. The van der Waals surface area contributed by atoms with Crippen molar-refractivity contribution < 1.29 is 9.18 Å². The van der Waals surface area contributed by atoms with Gasteiger partial charge in [-0.2, -0.15) is 0 Å². The molecule has 0 bridgehead atoms. The van der Waals surface area contributed by atoms with Gasteiger partial charge in [0.25, 0.3) is 0 Å². The molecule has 0 spiro atoms. The fraction of sp³-hybridized carbons (Fsp3) is 0.462. The Bertz CT molecular complexity index is 389. The highest BCUT2D eigenvalue weighted by atomic mass is 32.2. The molecule has 1 aromatic carbocycles. The SMILES string of the molecule is CC(SCc1ccc(F)cc1)C(=O)NC1CC1. The summed E-state index contributed by atoms with van der Waals surface area (Å²) in [5, 5.41) is 2.92. The van der Waals surface area contributed by atoms with E-state index in [1.54, 1.807) is 23.9 Å². The van der Waals surface area contributed by atoms with Gasteiger partial charge in [-0.25, -0.2) is 4.39 Å². The van der Waals surface area contributed by atoms with Crippen molar-refractivity contribution in [1.29, 1.82) is 0 Å². The highest BCUT2D eigenvalue weighted by Gasteiger charge is 2.25. The number of benzene rings is 1. The third-order valence-electron chi connectivity index (χ3n) is 2.71. The lowest BCUT2D eigenvalue weighted by Crippen LogP contribution is -2.32. The van der Waals surface area contributed by atoms with Gasteiger partial charge in [-0.05, 0) is 37.5 Å². The first-order valence-electron chi connectivity index (χ1n) is 5.81. The van der Waals surface area contributed by atoms with Crippen molar-refractivity contribution in [3.05, 3.63) is 35.6 Å². The van der Waals surface area contributed by atoms with Crippen LogP contribution in [0.2, 0.25) is 0 Å². The summed E-state index contributed by atoms with van der Waals surface area (Å²) in [7, 11) is 0. The topological polar surface area (TPSA) is 29.1 Å². The molecular formula is C13H16FNOS. The predicted octanol–water partition coefficient (Wildman–Crippen LogP) is 2.73. The summed E-state index contributed by atoms with van der Waals surface area (Å²) in [6.07, 6.45) is 2.22. The third-order valence-corrected chi connectivity index (χ3v) is 3.92. The van der Waals surface area contributed by atoms with E-state index in [0.29, 0.717) is 6.04 Å². The number of halogens is 1. The Hall–Kier alpha value is -1.03. The van der Waals surface area contributed by atoms with Crippen molar-refractivity contribution in [2.75, 3.05) is 0 Å². The summed E-state index contributed by atoms with van der Waals surface area (Å²) < 4.78 is 12.7. The molecule has 1 atom stereocenters. The van der Waals surface area contributed by atoms with Crippen LogP contribution in [0, 0.1) is 5.82 Å². The first-order valence-corrected chi connectivity index (χ1v) is 6.86. The average Bonchev–Trinajstić information content (AvgIpc) is 3.11. The van der Waals surface area contributed by atoms with Crippen molar-refractivity contribution in [3.63, 3.8) is 0 Å². The fourth-order valence-corrected chi connectivity index (χ4v) is 2.28. The molecule has 1 saturated carbocycles. The molecule has 1 aliphatic carbocycles. The van der Waals surface area contributed by atoms with Gasteiger partial charge in [0.15, 0.2) is 0 Å². The minimum Gasteiger partial charge on any atom is -0.352 e. The van der Waals surface area contributed by atoms with Crippen LogP contribution in [0.4, 0.5) is 4.39 Å². The van der Waals surface area contributed by atoms with Gasteiger partial charge in [-0.1, -0.05) is 12.1 Å². The zero-order valence-corrected chi connectivity index (χ0v) is 10.6. The maximum Gasteiger partial charge on any atom is 0.233 e. The molecule has 0 saturated heterocycles. The van der Waals surface area contributed by atoms with E-state index >= 15 is 0 Å². The van der Waals surface area contributed by atoms with Crippen LogP contribution in [-0.2, 0) is 10.5 Å². The standard InChI is InChI=1S/C13H16FNOS/c1-9(13(16)15-12-6-7-12)17-8-10-2-4-11(14)5-3-10/h2-5,9,12H,6-8H2,1H3,(H,15,16). The largest absolute Gasteiger partial charge is 0.352 e. The molecule has 0 aliphatic heterocycles. The second-order valence-corrected chi connectivity index (χ2v) is 5.69. The van der Waals surface area contributed by atoms with Gasteiger partial charge in [0.2, 0.25) is 5.91 Å². The maximum atomic E-state index is 12.7. The van der Waals surface area contributed by atoms with Crippen molar-refractivity contribution in [3.8, 4) is 0 Å². The van der Waals surface area contributed by atoms with E-state index in [9.17, 15) is 9.18 Å². The number of thioether (sulfide) groups is 1. The quantitative estimate of drug-likeness (QED) is 0.874. The molecule has 1 aliphatic rings. The molecule has 0 aromatic heterocycles. The van der Waals surface area contributed by atoms with Crippen LogP contribution in [0.25, 0.3) is 0 Å². The molecule has 2 rings (SSSR count). The molecule has 0 radical (unpaired) electrons. The summed E-state index contributed by atoms with van der Waals surface area (Å²) >= 11 is 1.58. The van der Waals surface area contributed by atoms with Crippen molar-refractivity contribution in [2.24, 2.45) is 0 Å². The molecule has 1 fully saturated rings. The summed E-state index contributed by atoms with van der Waals surface area (Å²) in [4.78, 5) is 11.7. The van der Waals surface area contributed by atoms with E-state index in [4.69, 9.17) is 0 Å². The minimum absolute atomic E-state index is 0.0550. The Morgan fingerprint density at radius 2 is 2.12 bits per heavy atom. The van der Waals surface area contributed by atoms with Crippen LogP contribution in [0.15, 0.2) is 24.3 Å². The van der Waals surface area contributed by atoms with Gasteiger partial charge in [-0.3, -0.25) is 4.79 Å². The summed E-state index contributed by atoms with van der Waals surface area (Å²) in [5.74, 6) is 0.623. The summed E-state index contributed by atoms with van der Waals surface area (Å²) in [5.41, 5.74) is 1.04. The maximum absolute atomic E-state index is 12.7. The number of rotatable bonds is 5. The lowest BCUT2D eigenvalue weighted by Gasteiger charge is -2.11. The molecule has 1 aromatic rings. The van der Waals surface area contributed by atoms with E-state index in [1.165, 1.54) is 12.1 Å². The van der Waals surface area contributed by atoms with Crippen LogP contribution in [0.5, 0.6) is 0 Å². The summed E-state index contributed by atoms with van der Waals surface area (Å²) in [6, 6.07) is 6.83. The molecule has 2 nitrogen and oxygen atoms in total. The number of amides is 1. The Morgan fingerprint density at radius 3 is 2.71 bits per heavy atom. The number of carbonyl (C=O) groups excluding carboxylic acids is 1. The van der Waals surface area contributed by atoms with Gasteiger partial charge < -0.3 is 5.32 Å². The normalized spacial score (nSPS) is 16.6. The van der Waals surface area contributed by atoms with Crippen LogP contribution in [0.3, 0.4) is 0 Å². The second kappa shape index (κ2) is 5.54. The monoisotopic (exact) mass is 253 g/mol. The third kappa shape index (κ3) is 4.04. The van der Waals surface area contributed by atoms with Crippen molar-refractivity contribution >= 4 is 17.7 Å². The van der Waals surface area contributed by atoms with E-state index in [-0.39, 0.29) is 17.0 Å². The second-order valence-electron chi connectivity index (χ2n) is 4.36. The van der Waals surface area contributed by atoms with Gasteiger partial charge in [0.05, 0.1) is 5.25 Å². The average molecular weight is 253 g/mol. The molecule has 17 heavy (non-hydrogen) atoms. The van der Waals surface area contributed by atoms with Gasteiger partial charge in [-0.15, -0.1) is 11.8 Å². The molecule has 1 N–H and O–H groups in total. The molecule has 4 heteroatoms. The Kier molecular flexibility index (Phi) is 4.05. The molecule has 1 unspecified atom stereocenters. The van der Waals surface area contributed by atoms with Gasteiger partial charge in [0.1, 0.15) is 5.82 Å². The molecule has 0 heterocycles. The number of carbonyl (C=O) groups is 1. The highest BCUT2D eigenvalue weighted by molar-refractivity contribution is 7.99. The van der Waals surface area contributed by atoms with Crippen LogP contribution in [0.1, 0.15) is 25.3 Å². The van der Waals surface area contributed by atoms with Gasteiger partial charge >= 0.3 is 0 Å². The number of nitrogens with one attached hydrogen (secondary N) is 1. The van der Waals surface area contributed by atoms with Crippen LogP contribution in [-0.4, -0.2) is 17.2 Å². The molecular weight excluding hydrogens is 237 g/mol. The smallest absolute Gasteiger partial charge is 0.233 e. The molecule has 92 valence electrons. The Labute approximate surface area is 105 Å². The van der Waals surface area contributed by atoms with Crippen LogP contribution < -0.4 is 5.32 Å². The number of hydrogen-bond acceptors (Lipinski definition) is 2. The van der Waals surface area contributed by atoms with Gasteiger partial charge in [0, 0.05) is 11.8 Å². The van der Waals surface area contributed by atoms with E-state index in [1.807, 2.05) is 6.92 Å². The predicted molar refractivity (Wildman–Crippen MR) is 68.3 cm³/mol. The highest BCUT2D eigenvalue weighted by Crippen LogP contribution is 2.22. The van der Waals surface area contributed by atoms with E-state index in [2.05, 4.69) is 5.32 Å². The first kappa shape index (κ1) is 12.4. The van der Waals surface area contributed by atoms with E-state index < -0.39 is 0 Å². The van der Waals surface area contributed by atoms with Crippen molar-refractivity contribution in [1.82, 2.24) is 5.32 Å². The fourth-order valence-electron chi connectivity index (χ4n) is 1.42. The Balaban J connectivity index is 1.76. The lowest BCUT2D eigenvalue weighted by molar-refractivity contribution is -0.120. The lowest BCUT2D eigenvalue weighted by atomic mass is 10.2. The zero-order valence-electron chi connectivity index (χ0n) is 9.78. The summed E-state index contributed by atoms with van der Waals surface area (Å²) in [6.45, 7) is 1.91. The Morgan fingerprint density at radius 1 is 1.47 bits per heavy atom.